The number of hydrogen-bond donors (Lipinski definition) is 0. The zero-order chi connectivity index (χ0) is 4.41. The highest BCUT2D eigenvalue weighted by molar-refractivity contribution is 7.13. The Balaban J connectivity index is 2.18. The first-order valence-corrected chi connectivity index (χ1v) is 2.72. The van der Waals surface area contributed by atoms with Crippen LogP contribution in [0.15, 0.2) is 0 Å². The normalized spacial score (nSPS) is 25.5. The fraction of sp³-hybridized carbons (Fsp3) is 0.750. The topological polar surface area (TPSA) is 3.24 Å². The van der Waals surface area contributed by atoms with Gasteiger partial charge in [-0.15, -0.1) is 0 Å². The van der Waals surface area contributed by atoms with Crippen LogP contribution >= 0.6 is 9.39 Å². The molecule has 2 heteroatoms. The minimum atomic E-state index is 1.16. The Hall–Kier alpha value is 0.390. The molecule has 0 bridgehead atoms. The summed E-state index contributed by atoms with van der Waals surface area (Å²) in [5.41, 5.74) is 0. The zero-order valence-corrected chi connectivity index (χ0v) is 4.88. The van der Waals surface area contributed by atoms with Crippen LogP contribution in [-0.2, 0) is 0 Å². The molecule has 0 aromatic rings. The van der Waals surface area contributed by atoms with Crippen molar-refractivity contribution >= 4 is 9.39 Å². The largest absolute Gasteiger partial charge is 0.287 e. The molecule has 1 aliphatic heterocycles. The lowest BCUT2D eigenvalue weighted by molar-refractivity contribution is 0.594. The molecule has 1 unspecified atom stereocenters. The second kappa shape index (κ2) is 1.90. The Bertz CT molecular complexity index is 40.8. The van der Waals surface area contributed by atoms with Gasteiger partial charge in [-0.25, -0.2) is 0 Å². The maximum absolute atomic E-state index is 2.67. The average Bonchev–Trinajstić information content (AvgIpc) is 1.86. The first-order valence-electron chi connectivity index (χ1n) is 2.21. The lowest BCUT2D eigenvalue weighted by Gasteiger charge is -2.00. The van der Waals surface area contributed by atoms with Gasteiger partial charge in [-0.1, -0.05) is 9.39 Å². The van der Waals surface area contributed by atoms with Crippen molar-refractivity contribution in [3.63, 3.8) is 0 Å². The molecule has 1 radical (unpaired) electrons. The highest BCUT2D eigenvalue weighted by Gasteiger charge is 2.03. The molecule has 1 nitrogen and oxygen atoms in total. The number of rotatable bonds is 0. The van der Waals surface area contributed by atoms with Gasteiger partial charge in [-0.05, 0) is 12.8 Å². The van der Waals surface area contributed by atoms with E-state index in [2.05, 4.69) is 20.5 Å². The molecule has 1 aliphatic rings. The summed E-state index contributed by atoms with van der Waals surface area (Å²) in [4.78, 5) is 0. The lowest BCUT2D eigenvalue weighted by Crippen LogP contribution is -2.01. The van der Waals surface area contributed by atoms with Crippen molar-refractivity contribution in [2.24, 2.45) is 0 Å². The summed E-state index contributed by atoms with van der Waals surface area (Å²) in [6.07, 6.45) is 3.55. The van der Waals surface area contributed by atoms with E-state index in [0.29, 0.717) is 0 Å². The molecule has 1 heterocycles. The van der Waals surface area contributed by atoms with Crippen molar-refractivity contribution in [1.29, 1.82) is 0 Å². The third-order valence-corrected chi connectivity index (χ3v) is 1.45. The third-order valence-electron chi connectivity index (χ3n) is 0.984. The molecule has 1 rings (SSSR count). The predicted octanol–water partition coefficient (Wildman–Crippen LogP) is 0.686. The van der Waals surface area contributed by atoms with Crippen molar-refractivity contribution < 1.29 is 0 Å². The van der Waals surface area contributed by atoms with Crippen molar-refractivity contribution in [3.8, 4) is 0 Å². The maximum atomic E-state index is 2.67. The molecule has 0 aromatic carbocycles. The molecule has 0 aromatic heterocycles. The minimum Gasteiger partial charge on any atom is -0.287 e. The summed E-state index contributed by atoms with van der Waals surface area (Å²) in [7, 11) is 2.67. The van der Waals surface area contributed by atoms with Crippen molar-refractivity contribution in [2.45, 2.75) is 6.42 Å². The van der Waals surface area contributed by atoms with Crippen LogP contribution in [-0.4, -0.2) is 17.8 Å². The molecule has 0 N–H and O–H groups in total. The molecule has 0 saturated carbocycles. The van der Waals surface area contributed by atoms with Gasteiger partial charge >= 0.3 is 0 Å². The standard InChI is InChI=1S/C4H9NP/c6-5-3-1-2-4-5/h1H,2-4,6H2. The first-order chi connectivity index (χ1) is 2.89. The van der Waals surface area contributed by atoms with Crippen LogP contribution < -0.4 is 0 Å². The zero-order valence-electron chi connectivity index (χ0n) is 3.72. The van der Waals surface area contributed by atoms with Gasteiger partial charge in [0.2, 0.25) is 0 Å². The van der Waals surface area contributed by atoms with Crippen LogP contribution in [0.3, 0.4) is 0 Å². The summed E-state index contributed by atoms with van der Waals surface area (Å²) in [5, 5.41) is 0. The Morgan fingerprint density at radius 2 is 2.50 bits per heavy atom. The van der Waals surface area contributed by atoms with Crippen LogP contribution in [0, 0.1) is 6.42 Å². The molecule has 0 aliphatic carbocycles. The van der Waals surface area contributed by atoms with E-state index in [4.69, 9.17) is 0 Å². The fourth-order valence-corrected chi connectivity index (χ4v) is 0.904. The summed E-state index contributed by atoms with van der Waals surface area (Å²) in [5.74, 6) is 0. The van der Waals surface area contributed by atoms with Crippen LogP contribution in [0.4, 0.5) is 0 Å². The first kappa shape index (κ1) is 4.55. The summed E-state index contributed by atoms with van der Waals surface area (Å²) < 4.78 is 2.22. The van der Waals surface area contributed by atoms with Crippen LogP contribution in [0.5, 0.6) is 0 Å². The van der Waals surface area contributed by atoms with E-state index in [1.54, 1.807) is 0 Å². The second-order valence-corrected chi connectivity index (χ2v) is 2.30. The van der Waals surface area contributed by atoms with Gasteiger partial charge in [0, 0.05) is 13.1 Å². The third kappa shape index (κ3) is 0.924. The molecule has 6 heavy (non-hydrogen) atoms. The lowest BCUT2D eigenvalue weighted by atomic mass is 10.4. The van der Waals surface area contributed by atoms with Gasteiger partial charge in [0.1, 0.15) is 0 Å². The summed E-state index contributed by atoms with van der Waals surface area (Å²) >= 11 is 0. The summed E-state index contributed by atoms with van der Waals surface area (Å²) in [6.45, 7) is 2.38. The van der Waals surface area contributed by atoms with E-state index < -0.39 is 0 Å². The van der Waals surface area contributed by atoms with E-state index in [-0.39, 0.29) is 0 Å². The van der Waals surface area contributed by atoms with Crippen LogP contribution in [0.2, 0.25) is 0 Å². The average molecular weight is 102 g/mol. The molecular weight excluding hydrogens is 93.0 g/mol. The van der Waals surface area contributed by atoms with Crippen molar-refractivity contribution in [3.05, 3.63) is 6.42 Å². The summed E-state index contributed by atoms with van der Waals surface area (Å²) in [6, 6.07) is 0. The Kier molecular flexibility index (Phi) is 1.44. The van der Waals surface area contributed by atoms with Crippen molar-refractivity contribution in [1.82, 2.24) is 4.67 Å². The van der Waals surface area contributed by atoms with E-state index in [1.807, 2.05) is 0 Å². The number of hydrogen-bond acceptors (Lipinski definition) is 1. The highest BCUT2D eigenvalue weighted by atomic mass is 31.0. The molecule has 0 spiro atoms. The van der Waals surface area contributed by atoms with E-state index in [1.165, 1.54) is 13.0 Å². The molecule has 35 valence electrons. The monoisotopic (exact) mass is 102 g/mol. The van der Waals surface area contributed by atoms with Gasteiger partial charge in [0.15, 0.2) is 0 Å². The van der Waals surface area contributed by atoms with Crippen LogP contribution in [0.1, 0.15) is 6.42 Å². The number of nitrogens with zero attached hydrogens (tertiary/aromatic N) is 1. The van der Waals surface area contributed by atoms with Gasteiger partial charge in [-0.3, -0.25) is 4.67 Å². The molecule has 0 amide bonds. The Labute approximate surface area is 41.0 Å². The Morgan fingerprint density at radius 3 is 2.67 bits per heavy atom. The van der Waals surface area contributed by atoms with E-state index >= 15 is 0 Å². The smallest absolute Gasteiger partial charge is 0.00481 e. The highest BCUT2D eigenvalue weighted by Crippen LogP contribution is 2.09. The maximum Gasteiger partial charge on any atom is 0.00481 e. The predicted molar refractivity (Wildman–Crippen MR) is 30.2 cm³/mol. The van der Waals surface area contributed by atoms with Gasteiger partial charge in [-0.2, -0.15) is 0 Å². The van der Waals surface area contributed by atoms with Gasteiger partial charge in [0.25, 0.3) is 0 Å². The molecule has 1 fully saturated rings. The Morgan fingerprint density at radius 1 is 1.67 bits per heavy atom. The van der Waals surface area contributed by atoms with Gasteiger partial charge < -0.3 is 0 Å². The van der Waals surface area contributed by atoms with E-state index in [0.717, 1.165) is 6.54 Å². The fourth-order valence-electron chi connectivity index (χ4n) is 0.606. The second-order valence-electron chi connectivity index (χ2n) is 1.57. The quantitative estimate of drug-likeness (QED) is 0.407. The van der Waals surface area contributed by atoms with Crippen molar-refractivity contribution in [2.75, 3.05) is 13.1 Å². The van der Waals surface area contributed by atoms with Crippen LogP contribution in [0.25, 0.3) is 0 Å². The SMILES string of the molecule is PN1C[CH]CC1. The van der Waals surface area contributed by atoms with E-state index in [9.17, 15) is 0 Å². The van der Waals surface area contributed by atoms with Gasteiger partial charge in [0.05, 0.1) is 0 Å². The molecule has 1 saturated heterocycles. The molecule has 1 atom stereocenters. The molecular formula is C4H9NP. The minimum absolute atomic E-state index is 1.16.